The Balaban J connectivity index is 0.000000140. The molecule has 0 N–H and O–H groups in total. The molecule has 0 saturated carbocycles. The summed E-state index contributed by atoms with van der Waals surface area (Å²) in [5.41, 5.74) is 39.4. The van der Waals surface area contributed by atoms with E-state index in [1.807, 2.05) is 24.3 Å². The van der Waals surface area contributed by atoms with Crippen LogP contribution in [0.2, 0.25) is 0 Å². The fourth-order valence-corrected chi connectivity index (χ4v) is 21.2. The smallest absolute Gasteiger partial charge is 0.135 e. The molecule has 614 valence electrons. The van der Waals surface area contributed by atoms with Crippen molar-refractivity contribution in [2.24, 2.45) is 0 Å². The van der Waals surface area contributed by atoms with E-state index in [4.69, 9.17) is 8.83 Å². The number of nitrogens with zero attached hydrogens (tertiary/aromatic N) is 4. The summed E-state index contributed by atoms with van der Waals surface area (Å²) < 4.78 is 17.2. The maximum atomic E-state index is 6.16. The molecule has 0 atom stereocenters. The molecule has 0 amide bonds. The van der Waals surface area contributed by atoms with Crippen LogP contribution in [0.4, 0.5) is 34.1 Å². The Labute approximate surface area is 753 Å². The second-order valence-electron chi connectivity index (χ2n) is 35.9. The van der Waals surface area contributed by atoms with Crippen molar-refractivity contribution in [1.29, 1.82) is 0 Å². The van der Waals surface area contributed by atoms with Crippen molar-refractivity contribution in [2.75, 3.05) is 9.80 Å². The highest BCUT2D eigenvalue weighted by Crippen LogP contribution is 2.55. The van der Waals surface area contributed by atoms with Crippen LogP contribution in [0.3, 0.4) is 0 Å². The lowest BCUT2D eigenvalue weighted by Gasteiger charge is -2.28. The van der Waals surface area contributed by atoms with Gasteiger partial charge in [0.2, 0.25) is 0 Å². The highest BCUT2D eigenvalue weighted by molar-refractivity contribution is 6.12. The molecule has 0 radical (unpaired) electrons. The quantitative estimate of drug-likeness (QED) is 0.115. The minimum atomic E-state index is -0.239. The van der Waals surface area contributed by atoms with Crippen molar-refractivity contribution in [3.05, 3.63) is 471 Å². The molecule has 0 aliphatic heterocycles. The normalized spacial score (nSPS) is 12.9. The maximum absolute atomic E-state index is 6.16. The van der Waals surface area contributed by atoms with Crippen molar-refractivity contribution >= 4 is 132 Å². The molecule has 130 heavy (non-hydrogen) atoms. The van der Waals surface area contributed by atoms with Crippen LogP contribution in [0.1, 0.15) is 49.9 Å². The number of rotatable bonds is 13. The largest absolute Gasteiger partial charge is 0.456 e. The lowest BCUT2D eigenvalue weighted by atomic mass is 9.82. The van der Waals surface area contributed by atoms with Gasteiger partial charge in [0.15, 0.2) is 0 Å². The van der Waals surface area contributed by atoms with E-state index in [0.717, 1.165) is 100 Å². The van der Waals surface area contributed by atoms with E-state index in [-0.39, 0.29) is 10.8 Å². The third kappa shape index (κ3) is 12.5. The van der Waals surface area contributed by atoms with Gasteiger partial charge in [-0.3, -0.25) is 0 Å². The van der Waals surface area contributed by atoms with Gasteiger partial charge in [-0.2, -0.15) is 0 Å². The van der Waals surface area contributed by atoms with Crippen LogP contribution in [0, 0.1) is 0 Å². The van der Waals surface area contributed by atoms with Gasteiger partial charge in [0, 0.05) is 99.4 Å². The predicted octanol–water partition coefficient (Wildman–Crippen LogP) is 34.4. The van der Waals surface area contributed by atoms with Crippen LogP contribution in [-0.2, 0) is 10.8 Å². The Bertz CT molecular complexity index is 8530. The van der Waals surface area contributed by atoms with Crippen LogP contribution in [0.5, 0.6) is 0 Å². The first-order valence-electron chi connectivity index (χ1n) is 45.0. The monoisotopic (exact) mass is 1660 g/mol. The summed E-state index contributed by atoms with van der Waals surface area (Å²) in [6, 6.07) is 164. The average molecular weight is 1660 g/mol. The molecule has 0 unspecified atom stereocenters. The Morgan fingerprint density at radius 3 is 0.846 bits per heavy atom. The Kier molecular flexibility index (Phi) is 17.6. The van der Waals surface area contributed by atoms with Crippen molar-refractivity contribution in [3.8, 4) is 89.3 Å². The van der Waals surface area contributed by atoms with Gasteiger partial charge < -0.3 is 27.8 Å². The van der Waals surface area contributed by atoms with Gasteiger partial charge >= 0.3 is 0 Å². The number of hydrogen-bond acceptors (Lipinski definition) is 4. The van der Waals surface area contributed by atoms with Gasteiger partial charge in [0.25, 0.3) is 0 Å². The van der Waals surface area contributed by atoms with Gasteiger partial charge in [-0.1, -0.05) is 313 Å². The van der Waals surface area contributed by atoms with Gasteiger partial charge in [0.05, 0.1) is 22.1 Å². The molecule has 24 aromatic rings. The van der Waals surface area contributed by atoms with Crippen LogP contribution in [0.25, 0.3) is 188 Å². The van der Waals surface area contributed by atoms with E-state index in [0.29, 0.717) is 0 Å². The first-order chi connectivity index (χ1) is 63.9. The lowest BCUT2D eigenvalue weighted by Crippen LogP contribution is -2.17. The van der Waals surface area contributed by atoms with Crippen molar-refractivity contribution < 1.29 is 8.83 Å². The molecule has 0 saturated heterocycles. The Morgan fingerprint density at radius 1 is 0.185 bits per heavy atom. The average Bonchev–Trinajstić information content (AvgIpc) is 1.56. The number of benzene rings is 20. The number of fused-ring (bicyclic) bond motifs is 19. The summed E-state index contributed by atoms with van der Waals surface area (Å²) in [7, 11) is 0. The first kappa shape index (κ1) is 75.9. The fraction of sp³-hybridized carbons (Fsp3) is 0.0484. The second-order valence-corrected chi connectivity index (χ2v) is 35.9. The highest BCUT2D eigenvalue weighted by Gasteiger charge is 2.39. The molecule has 20 aromatic carbocycles. The van der Waals surface area contributed by atoms with Crippen LogP contribution in [0.15, 0.2) is 458 Å². The summed E-state index contributed by atoms with van der Waals surface area (Å²) >= 11 is 0. The van der Waals surface area contributed by atoms with Gasteiger partial charge in [0.1, 0.15) is 22.3 Å². The molecule has 0 spiro atoms. The second kappa shape index (κ2) is 30.1. The fourth-order valence-electron chi connectivity index (χ4n) is 21.2. The number of hydrogen-bond donors (Lipinski definition) is 0. The zero-order valence-corrected chi connectivity index (χ0v) is 72.3. The molecule has 4 heterocycles. The summed E-state index contributed by atoms with van der Waals surface area (Å²) in [6.07, 6.45) is 0. The van der Waals surface area contributed by atoms with E-state index in [1.54, 1.807) is 0 Å². The van der Waals surface area contributed by atoms with E-state index < -0.39 is 0 Å². The van der Waals surface area contributed by atoms with E-state index >= 15 is 0 Å². The van der Waals surface area contributed by atoms with Crippen LogP contribution in [-0.4, -0.2) is 9.13 Å². The maximum Gasteiger partial charge on any atom is 0.135 e. The summed E-state index contributed by atoms with van der Waals surface area (Å²) in [6.45, 7) is 9.53. The highest BCUT2D eigenvalue weighted by atomic mass is 16.3. The number of furan rings is 2. The molecule has 2 aliphatic carbocycles. The van der Waals surface area contributed by atoms with Crippen molar-refractivity contribution in [2.45, 2.75) is 38.5 Å². The third-order valence-corrected chi connectivity index (χ3v) is 27.8. The zero-order chi connectivity index (χ0) is 86.5. The van der Waals surface area contributed by atoms with E-state index in [1.165, 1.54) is 144 Å². The number of aromatic nitrogens is 2. The molecule has 6 heteroatoms. The third-order valence-electron chi connectivity index (χ3n) is 27.8. The van der Waals surface area contributed by atoms with E-state index in [9.17, 15) is 0 Å². The standard InChI is InChI=1S/C63H44N2O.C61H42N2O/c1-63(2)57-39-49(33-35-51(57)52-36-34-50(40-58(52)63)65-59-17-9-6-14-53(59)54-15-7-10-18-60(54)65)64(47-29-24-44(25-30-47)43-22-20-42(21-23-43)41-12-4-3-5-13-41)48-31-26-45(27-32-48)46-28-37-62-56(38-46)55-16-8-11-19-61(55)66-62;1-61(2)55-37-47(30-32-49(55)50-33-31-48(38-56(50)61)63-57-16-8-5-13-51(57)52-14-6-9-17-58(52)63)62(45-26-21-40(22-27-45)43-20-19-39-11-3-4-12-42(39)35-43)46-28-23-41(24-29-46)44-25-34-60-54(36-44)53-15-7-10-18-59(53)64-60/h3-40H,1-2H3;3-38H,1-2H3. The molecule has 0 fully saturated rings. The van der Waals surface area contributed by atoms with Crippen LogP contribution >= 0.6 is 0 Å². The summed E-state index contributed by atoms with van der Waals surface area (Å²) in [4.78, 5) is 4.81. The van der Waals surface area contributed by atoms with Crippen LogP contribution < -0.4 is 9.80 Å². The molecule has 6 nitrogen and oxygen atoms in total. The molecular formula is C124H86N4O2. The molecule has 2 aliphatic rings. The molecule has 4 aromatic heterocycles. The van der Waals surface area contributed by atoms with Gasteiger partial charge in [-0.25, -0.2) is 0 Å². The predicted molar refractivity (Wildman–Crippen MR) is 545 cm³/mol. The Hall–Kier alpha value is -16.5. The summed E-state index contributed by atoms with van der Waals surface area (Å²) in [5.74, 6) is 0. The molecular weight excluding hydrogens is 1580 g/mol. The minimum absolute atomic E-state index is 0.235. The zero-order valence-electron chi connectivity index (χ0n) is 72.3. The first-order valence-corrected chi connectivity index (χ1v) is 45.0. The topological polar surface area (TPSA) is 42.6 Å². The number of anilines is 6. The van der Waals surface area contributed by atoms with Gasteiger partial charge in [-0.05, 0) is 275 Å². The number of para-hydroxylation sites is 6. The minimum Gasteiger partial charge on any atom is -0.456 e. The summed E-state index contributed by atoms with van der Waals surface area (Å²) in [5, 5.41) is 12.1. The lowest BCUT2D eigenvalue weighted by molar-refractivity contribution is 0.660. The van der Waals surface area contributed by atoms with Crippen molar-refractivity contribution in [3.63, 3.8) is 0 Å². The van der Waals surface area contributed by atoms with E-state index in [2.05, 4.69) is 471 Å². The molecule has 26 rings (SSSR count). The van der Waals surface area contributed by atoms with Gasteiger partial charge in [-0.15, -0.1) is 0 Å². The SMILES string of the molecule is CC1(C)c2cc(N(c3ccc(-c4ccc(-c5ccccc5)cc4)cc3)c3ccc(-c4ccc5oc6ccccc6c5c4)cc3)ccc2-c2ccc(-n3c4ccccc4c4ccccc43)cc21.CC1(C)c2cc(N(c3ccc(-c4ccc5ccccc5c4)cc3)c3ccc(-c4ccc5oc6ccccc6c5c4)cc3)ccc2-c2ccc(-n3c4ccccc4c4ccccc43)cc21. The van der Waals surface area contributed by atoms with Crippen molar-refractivity contribution in [1.82, 2.24) is 9.13 Å². The molecule has 0 bridgehead atoms. The Morgan fingerprint density at radius 2 is 0.454 bits per heavy atom.